The lowest BCUT2D eigenvalue weighted by Gasteiger charge is -2.46. The lowest BCUT2D eigenvalue weighted by Crippen LogP contribution is -2.63. The molecule has 9 heteroatoms. The van der Waals surface area contributed by atoms with Gasteiger partial charge >= 0.3 is 5.97 Å². The molecule has 7 nitrogen and oxygen atoms in total. The van der Waals surface area contributed by atoms with Crippen LogP contribution in [-0.4, -0.2) is 79.8 Å². The van der Waals surface area contributed by atoms with Crippen molar-refractivity contribution in [3.8, 4) is 0 Å². The number of aliphatic carboxylic acids is 1. The number of thioether (sulfide) groups is 2. The van der Waals surface area contributed by atoms with Gasteiger partial charge in [0.15, 0.2) is 5.17 Å². The number of rotatable bonds is 4. The smallest absolute Gasteiger partial charge is 0.353 e. The molecule has 1 amide bonds. The fraction of sp³-hybridized carbons (Fsp3) is 0.688. The third kappa shape index (κ3) is 2.59. The minimum Gasteiger partial charge on any atom is -0.477 e. The van der Waals surface area contributed by atoms with Crippen LogP contribution < -0.4 is 0 Å². The Balaban J connectivity index is 1.49. The van der Waals surface area contributed by atoms with Crippen molar-refractivity contribution < 1.29 is 19.8 Å². The van der Waals surface area contributed by atoms with Crippen LogP contribution >= 0.6 is 23.5 Å². The van der Waals surface area contributed by atoms with Gasteiger partial charge in [-0.3, -0.25) is 9.79 Å². The summed E-state index contributed by atoms with van der Waals surface area (Å²) in [5.74, 6) is -0.841. The number of amidine groups is 1. The van der Waals surface area contributed by atoms with Crippen LogP contribution in [0.3, 0.4) is 0 Å². The summed E-state index contributed by atoms with van der Waals surface area (Å²) in [4.78, 5) is 33.0. The second-order valence-corrected chi connectivity index (χ2v) is 9.33. The maximum atomic E-state index is 12.3. The third-order valence-corrected chi connectivity index (χ3v) is 7.78. The Morgan fingerprint density at radius 3 is 2.72 bits per heavy atom. The molecule has 4 rings (SSSR count). The monoisotopic (exact) mass is 383 g/mol. The number of likely N-dealkylation sites (tertiary alicyclic amines) is 1. The predicted molar refractivity (Wildman–Crippen MR) is 97.3 cm³/mol. The highest BCUT2D eigenvalue weighted by molar-refractivity contribution is 8.14. The maximum absolute atomic E-state index is 12.3. The lowest BCUT2D eigenvalue weighted by atomic mass is 9.79. The number of aliphatic imine (C=N–C) groups is 1. The lowest BCUT2D eigenvalue weighted by molar-refractivity contribution is -0.163. The second kappa shape index (κ2) is 6.21. The molecule has 0 bridgehead atoms. The van der Waals surface area contributed by atoms with Crippen molar-refractivity contribution >= 4 is 40.6 Å². The normalized spacial score (nSPS) is 33.2. The highest BCUT2D eigenvalue weighted by Crippen LogP contribution is 2.52. The van der Waals surface area contributed by atoms with E-state index in [-0.39, 0.29) is 23.6 Å². The topological polar surface area (TPSA) is 93.4 Å². The SMILES string of the molecule is CC(O)C1C(=O)N2C(C(=O)O)=C(SC3CN(C4=NCCS4)C3)C(C)[C@@H]12. The first-order valence-corrected chi connectivity index (χ1v) is 10.3. The van der Waals surface area contributed by atoms with E-state index in [0.29, 0.717) is 5.25 Å². The molecule has 4 heterocycles. The van der Waals surface area contributed by atoms with Crippen molar-refractivity contribution in [3.63, 3.8) is 0 Å². The fourth-order valence-corrected chi connectivity index (χ4v) is 6.44. The molecule has 2 N–H and O–H groups in total. The molecule has 4 aliphatic heterocycles. The molecule has 0 aromatic rings. The Morgan fingerprint density at radius 2 is 2.16 bits per heavy atom. The number of carbonyl (C=O) groups excluding carboxylic acids is 1. The first-order valence-electron chi connectivity index (χ1n) is 8.47. The Kier molecular flexibility index (Phi) is 4.28. The van der Waals surface area contributed by atoms with Gasteiger partial charge in [0.1, 0.15) is 5.70 Å². The van der Waals surface area contributed by atoms with Gasteiger partial charge in [0.05, 0.1) is 24.6 Å². The van der Waals surface area contributed by atoms with Crippen molar-refractivity contribution in [2.24, 2.45) is 16.8 Å². The number of aliphatic hydroxyl groups is 1. The summed E-state index contributed by atoms with van der Waals surface area (Å²) in [6, 6.07) is -0.230. The van der Waals surface area contributed by atoms with Crippen LogP contribution in [0.15, 0.2) is 15.6 Å². The van der Waals surface area contributed by atoms with Gasteiger partial charge in [0.2, 0.25) is 5.91 Å². The van der Waals surface area contributed by atoms with E-state index in [0.717, 1.165) is 35.5 Å². The molecule has 0 spiro atoms. The number of fused-ring (bicyclic) bond motifs is 1. The van der Waals surface area contributed by atoms with Crippen LogP contribution in [0.1, 0.15) is 13.8 Å². The molecule has 4 aliphatic rings. The Bertz CT molecular complexity index is 687. The zero-order valence-corrected chi connectivity index (χ0v) is 15.7. The van der Waals surface area contributed by atoms with E-state index < -0.39 is 18.0 Å². The minimum absolute atomic E-state index is 0.0550. The van der Waals surface area contributed by atoms with E-state index in [2.05, 4.69) is 9.89 Å². The molecule has 25 heavy (non-hydrogen) atoms. The molecule has 0 saturated carbocycles. The number of carboxylic acids is 1. The Morgan fingerprint density at radius 1 is 1.44 bits per heavy atom. The van der Waals surface area contributed by atoms with Gasteiger partial charge in [0.25, 0.3) is 0 Å². The van der Waals surface area contributed by atoms with Crippen molar-refractivity contribution in [2.45, 2.75) is 31.2 Å². The van der Waals surface area contributed by atoms with Crippen LogP contribution in [0.4, 0.5) is 0 Å². The fourth-order valence-electron chi connectivity index (χ4n) is 4.04. The first kappa shape index (κ1) is 17.2. The quantitative estimate of drug-likeness (QED) is 0.689. The number of carboxylic acid groups (broad SMARTS) is 1. The molecular weight excluding hydrogens is 362 g/mol. The zero-order chi connectivity index (χ0) is 17.9. The molecule has 136 valence electrons. The summed E-state index contributed by atoms with van der Waals surface area (Å²) >= 11 is 3.35. The highest BCUT2D eigenvalue weighted by atomic mass is 32.2. The average molecular weight is 383 g/mol. The number of β-lactam (4-membered cyclic amide) rings is 1. The van der Waals surface area contributed by atoms with Crippen LogP contribution in [0.2, 0.25) is 0 Å². The summed E-state index contributed by atoms with van der Waals surface area (Å²) in [6.07, 6.45) is -0.757. The predicted octanol–water partition coefficient (Wildman–Crippen LogP) is 0.660. The van der Waals surface area contributed by atoms with Crippen LogP contribution in [0.5, 0.6) is 0 Å². The van der Waals surface area contributed by atoms with Gasteiger partial charge in [0, 0.05) is 34.9 Å². The highest BCUT2D eigenvalue weighted by Gasteiger charge is 2.60. The van der Waals surface area contributed by atoms with Crippen molar-refractivity contribution in [1.82, 2.24) is 9.80 Å². The molecular formula is C16H21N3O4S2. The summed E-state index contributed by atoms with van der Waals surface area (Å²) in [5, 5.41) is 20.9. The van der Waals surface area contributed by atoms with E-state index in [9.17, 15) is 19.8 Å². The van der Waals surface area contributed by atoms with E-state index in [1.165, 1.54) is 4.90 Å². The Labute approximate surface area is 154 Å². The van der Waals surface area contributed by atoms with E-state index in [1.54, 1.807) is 30.4 Å². The van der Waals surface area contributed by atoms with E-state index >= 15 is 0 Å². The zero-order valence-electron chi connectivity index (χ0n) is 14.1. The molecule has 0 aliphatic carbocycles. The molecule has 0 radical (unpaired) electrons. The Hall–Kier alpha value is -1.19. The summed E-state index contributed by atoms with van der Waals surface area (Å²) in [5.41, 5.74) is 0.121. The number of carbonyl (C=O) groups is 2. The summed E-state index contributed by atoms with van der Waals surface area (Å²) in [6.45, 7) is 6.16. The van der Waals surface area contributed by atoms with E-state index in [4.69, 9.17) is 0 Å². The number of hydrogen-bond donors (Lipinski definition) is 2. The maximum Gasteiger partial charge on any atom is 0.353 e. The second-order valence-electron chi connectivity index (χ2n) is 6.93. The van der Waals surface area contributed by atoms with Gasteiger partial charge in [-0.1, -0.05) is 18.7 Å². The first-order chi connectivity index (χ1) is 11.9. The van der Waals surface area contributed by atoms with Crippen LogP contribution in [-0.2, 0) is 9.59 Å². The molecule has 3 unspecified atom stereocenters. The van der Waals surface area contributed by atoms with Crippen LogP contribution in [0, 0.1) is 11.8 Å². The number of aliphatic hydroxyl groups excluding tert-OH is 1. The standard InChI is InChI=1S/C16H21N3O4S2/c1-7-11-10(8(2)20)14(21)19(11)12(15(22)23)13(7)25-9-5-18(6-9)16-17-3-4-24-16/h7-11,20H,3-6H2,1-2H3,(H,22,23)/t7?,8?,10?,11-/m0/s1. The van der Waals surface area contributed by atoms with Gasteiger partial charge in [-0.05, 0) is 6.92 Å². The van der Waals surface area contributed by atoms with Gasteiger partial charge < -0.3 is 20.0 Å². The van der Waals surface area contributed by atoms with E-state index in [1.807, 2.05) is 6.92 Å². The van der Waals surface area contributed by atoms with Gasteiger partial charge in [-0.2, -0.15) is 0 Å². The van der Waals surface area contributed by atoms with Crippen molar-refractivity contribution in [2.75, 3.05) is 25.4 Å². The third-order valence-electron chi connectivity index (χ3n) is 5.29. The number of nitrogens with zero attached hydrogens (tertiary/aromatic N) is 3. The largest absolute Gasteiger partial charge is 0.477 e. The van der Waals surface area contributed by atoms with Crippen molar-refractivity contribution in [3.05, 3.63) is 10.6 Å². The molecule has 4 atom stereocenters. The average Bonchev–Trinajstić information content (AvgIpc) is 3.08. The van der Waals surface area contributed by atoms with Gasteiger partial charge in [-0.15, -0.1) is 11.8 Å². The number of amides is 1. The summed E-state index contributed by atoms with van der Waals surface area (Å²) in [7, 11) is 0. The van der Waals surface area contributed by atoms with Crippen molar-refractivity contribution in [1.29, 1.82) is 0 Å². The molecule has 2 fully saturated rings. The minimum atomic E-state index is -1.05. The summed E-state index contributed by atoms with van der Waals surface area (Å²) < 4.78 is 0. The molecule has 2 saturated heterocycles. The molecule has 0 aromatic heterocycles. The van der Waals surface area contributed by atoms with Gasteiger partial charge in [-0.25, -0.2) is 4.79 Å². The van der Waals surface area contributed by atoms with Crippen LogP contribution in [0.25, 0.3) is 0 Å². The molecule has 0 aromatic carbocycles. The number of hydrogen-bond acceptors (Lipinski definition) is 7.